The molecule has 0 unspecified atom stereocenters. The van der Waals surface area contributed by atoms with Gasteiger partial charge in [-0.1, -0.05) is 20.8 Å². The predicted molar refractivity (Wildman–Crippen MR) is 76.8 cm³/mol. The summed E-state index contributed by atoms with van der Waals surface area (Å²) in [6.07, 6.45) is 3.27. The molecule has 3 heteroatoms. The van der Waals surface area contributed by atoms with Gasteiger partial charge in [-0.15, -0.1) is 0 Å². The van der Waals surface area contributed by atoms with E-state index in [9.17, 15) is 4.79 Å². The van der Waals surface area contributed by atoms with E-state index in [2.05, 4.69) is 23.9 Å². The van der Waals surface area contributed by atoms with Crippen molar-refractivity contribution in [2.24, 2.45) is 11.3 Å². The van der Waals surface area contributed by atoms with E-state index in [4.69, 9.17) is 0 Å². The second kappa shape index (κ2) is 6.67. The zero-order valence-corrected chi connectivity index (χ0v) is 12.8. The fourth-order valence-electron chi connectivity index (χ4n) is 2.54. The van der Waals surface area contributed by atoms with Gasteiger partial charge in [-0.3, -0.25) is 4.79 Å². The average Bonchev–Trinajstić information content (AvgIpc) is 2.25. The van der Waals surface area contributed by atoms with Crippen LogP contribution in [0, 0.1) is 11.3 Å². The van der Waals surface area contributed by atoms with Crippen molar-refractivity contribution in [1.82, 2.24) is 9.80 Å². The predicted octanol–water partition coefficient (Wildman–Crippen LogP) is 2.27. The first-order valence-electron chi connectivity index (χ1n) is 7.19. The smallest absolute Gasteiger partial charge is 0.139 e. The SMILES string of the molecule is CN(C)CC1CCN(CCC(=O)C(C)(C)C)CC1. The number of ketones is 1. The maximum atomic E-state index is 11.9. The molecule has 0 aromatic heterocycles. The summed E-state index contributed by atoms with van der Waals surface area (Å²) in [5.41, 5.74) is -0.177. The number of Topliss-reactive ketones (excluding diaryl/α,β-unsaturated/α-hetero) is 1. The van der Waals surface area contributed by atoms with Crippen LogP contribution in [0.2, 0.25) is 0 Å². The fraction of sp³-hybridized carbons (Fsp3) is 0.933. The molecule has 1 fully saturated rings. The molecule has 0 atom stereocenters. The van der Waals surface area contributed by atoms with Crippen molar-refractivity contribution in [2.75, 3.05) is 40.3 Å². The van der Waals surface area contributed by atoms with Gasteiger partial charge < -0.3 is 9.80 Å². The maximum Gasteiger partial charge on any atom is 0.139 e. The van der Waals surface area contributed by atoms with Gasteiger partial charge in [0, 0.05) is 24.9 Å². The molecule has 0 saturated carbocycles. The molecule has 106 valence electrons. The minimum Gasteiger partial charge on any atom is -0.309 e. The highest BCUT2D eigenvalue weighted by atomic mass is 16.1. The first-order valence-corrected chi connectivity index (χ1v) is 7.19. The van der Waals surface area contributed by atoms with Gasteiger partial charge in [0.2, 0.25) is 0 Å². The molecule has 0 bridgehead atoms. The number of carbonyl (C=O) groups excluding carboxylic acids is 1. The zero-order chi connectivity index (χ0) is 13.8. The molecule has 18 heavy (non-hydrogen) atoms. The van der Waals surface area contributed by atoms with Crippen LogP contribution in [0.25, 0.3) is 0 Å². The van der Waals surface area contributed by atoms with Crippen LogP contribution < -0.4 is 0 Å². The highest BCUT2D eigenvalue weighted by molar-refractivity contribution is 5.83. The summed E-state index contributed by atoms with van der Waals surface area (Å²) in [7, 11) is 4.29. The highest BCUT2D eigenvalue weighted by Gasteiger charge is 2.23. The van der Waals surface area contributed by atoms with Gasteiger partial charge in [0.25, 0.3) is 0 Å². The van der Waals surface area contributed by atoms with Gasteiger partial charge in [0.1, 0.15) is 5.78 Å². The Morgan fingerprint density at radius 3 is 2.22 bits per heavy atom. The van der Waals surface area contributed by atoms with Crippen LogP contribution in [-0.4, -0.2) is 55.9 Å². The molecular weight excluding hydrogens is 224 g/mol. The van der Waals surface area contributed by atoms with Crippen LogP contribution in [0.5, 0.6) is 0 Å². The standard InChI is InChI=1S/C15H30N2O/c1-15(2,3)14(18)8-11-17-9-6-13(7-10-17)12-16(4)5/h13H,6-12H2,1-5H3. The van der Waals surface area contributed by atoms with E-state index in [0.717, 1.165) is 25.6 Å². The first kappa shape index (κ1) is 15.6. The molecule has 0 radical (unpaired) electrons. The van der Waals surface area contributed by atoms with Crippen molar-refractivity contribution in [3.8, 4) is 0 Å². The van der Waals surface area contributed by atoms with Crippen LogP contribution in [0.4, 0.5) is 0 Å². The monoisotopic (exact) mass is 254 g/mol. The second-order valence-electron chi connectivity index (χ2n) is 6.97. The molecule has 0 N–H and O–H groups in total. The molecule has 0 aliphatic carbocycles. The Morgan fingerprint density at radius 2 is 1.78 bits per heavy atom. The van der Waals surface area contributed by atoms with Crippen LogP contribution in [-0.2, 0) is 4.79 Å². The van der Waals surface area contributed by atoms with Crippen LogP contribution in [0.1, 0.15) is 40.0 Å². The summed E-state index contributed by atoms with van der Waals surface area (Å²) in [5.74, 6) is 1.23. The van der Waals surface area contributed by atoms with Crippen molar-refractivity contribution in [3.63, 3.8) is 0 Å². The van der Waals surface area contributed by atoms with Crippen LogP contribution in [0.15, 0.2) is 0 Å². The largest absolute Gasteiger partial charge is 0.309 e. The van der Waals surface area contributed by atoms with E-state index < -0.39 is 0 Å². The molecule has 1 aliphatic rings. The highest BCUT2D eigenvalue weighted by Crippen LogP contribution is 2.20. The van der Waals surface area contributed by atoms with Crippen LogP contribution in [0.3, 0.4) is 0 Å². The molecule has 0 amide bonds. The van der Waals surface area contributed by atoms with Crippen molar-refractivity contribution in [2.45, 2.75) is 40.0 Å². The molecule has 1 aliphatic heterocycles. The molecule has 1 rings (SSSR count). The summed E-state index contributed by atoms with van der Waals surface area (Å²) < 4.78 is 0. The Labute approximate surface area is 113 Å². The van der Waals surface area contributed by atoms with Gasteiger partial charge in [0.05, 0.1) is 0 Å². The normalized spacial score (nSPS) is 19.4. The lowest BCUT2D eigenvalue weighted by atomic mass is 9.88. The van der Waals surface area contributed by atoms with Gasteiger partial charge in [-0.25, -0.2) is 0 Å². The lowest BCUT2D eigenvalue weighted by molar-refractivity contribution is -0.126. The topological polar surface area (TPSA) is 23.6 Å². The number of piperidine rings is 1. The molecule has 0 spiro atoms. The van der Waals surface area contributed by atoms with Gasteiger partial charge >= 0.3 is 0 Å². The second-order valence-corrected chi connectivity index (χ2v) is 6.97. The Balaban J connectivity index is 2.22. The van der Waals surface area contributed by atoms with Crippen LogP contribution >= 0.6 is 0 Å². The summed E-state index contributed by atoms with van der Waals surface area (Å²) in [6, 6.07) is 0. The molecular formula is C15H30N2O. The number of rotatable bonds is 5. The minimum absolute atomic E-state index is 0.177. The van der Waals surface area contributed by atoms with E-state index in [1.807, 2.05) is 20.8 Å². The average molecular weight is 254 g/mol. The lowest BCUT2D eigenvalue weighted by Gasteiger charge is -2.33. The number of nitrogens with zero attached hydrogens (tertiary/aromatic N) is 2. The summed E-state index contributed by atoms with van der Waals surface area (Å²) in [6.45, 7) is 10.5. The van der Waals surface area contributed by atoms with Crippen molar-refractivity contribution >= 4 is 5.78 Å². The molecule has 1 heterocycles. The van der Waals surface area contributed by atoms with E-state index in [1.54, 1.807) is 0 Å². The van der Waals surface area contributed by atoms with E-state index in [0.29, 0.717) is 12.2 Å². The molecule has 0 aromatic carbocycles. The number of likely N-dealkylation sites (tertiary alicyclic amines) is 1. The number of carbonyl (C=O) groups is 1. The van der Waals surface area contributed by atoms with Gasteiger partial charge in [-0.2, -0.15) is 0 Å². The van der Waals surface area contributed by atoms with Crippen molar-refractivity contribution in [3.05, 3.63) is 0 Å². The summed E-state index contributed by atoms with van der Waals surface area (Å²) in [4.78, 5) is 16.6. The summed E-state index contributed by atoms with van der Waals surface area (Å²) >= 11 is 0. The third-order valence-corrected chi connectivity index (χ3v) is 3.82. The maximum absolute atomic E-state index is 11.9. The molecule has 1 saturated heterocycles. The van der Waals surface area contributed by atoms with Crippen molar-refractivity contribution in [1.29, 1.82) is 0 Å². The number of hydrogen-bond acceptors (Lipinski definition) is 3. The summed E-state index contributed by atoms with van der Waals surface area (Å²) in [5, 5.41) is 0. The van der Waals surface area contributed by atoms with E-state index >= 15 is 0 Å². The Hall–Kier alpha value is -0.410. The lowest BCUT2D eigenvalue weighted by Crippen LogP contribution is -2.38. The van der Waals surface area contributed by atoms with E-state index in [1.165, 1.54) is 19.4 Å². The third kappa shape index (κ3) is 5.49. The Morgan fingerprint density at radius 1 is 1.22 bits per heavy atom. The first-order chi connectivity index (χ1) is 8.29. The number of hydrogen-bond donors (Lipinski definition) is 0. The Kier molecular flexibility index (Phi) is 5.80. The van der Waals surface area contributed by atoms with Gasteiger partial charge in [0.15, 0.2) is 0 Å². The van der Waals surface area contributed by atoms with Crippen molar-refractivity contribution < 1.29 is 4.79 Å². The minimum atomic E-state index is -0.177. The third-order valence-electron chi connectivity index (χ3n) is 3.82. The Bertz CT molecular complexity index is 260. The zero-order valence-electron chi connectivity index (χ0n) is 12.8. The fourth-order valence-corrected chi connectivity index (χ4v) is 2.54. The van der Waals surface area contributed by atoms with Gasteiger partial charge in [-0.05, 0) is 45.9 Å². The van der Waals surface area contributed by atoms with E-state index in [-0.39, 0.29) is 5.41 Å². The quantitative estimate of drug-likeness (QED) is 0.752. The molecule has 0 aromatic rings. The molecule has 3 nitrogen and oxygen atoms in total.